The van der Waals surface area contributed by atoms with Gasteiger partial charge in [-0.1, -0.05) is 0 Å². The Bertz CT molecular complexity index is 606. The van der Waals surface area contributed by atoms with Gasteiger partial charge in [-0.3, -0.25) is 10.1 Å². The second kappa shape index (κ2) is 3.56. The van der Waals surface area contributed by atoms with E-state index in [0.29, 0.717) is 13.0 Å². The predicted molar refractivity (Wildman–Crippen MR) is 60.2 cm³/mol. The van der Waals surface area contributed by atoms with E-state index in [-0.39, 0.29) is 5.82 Å². The van der Waals surface area contributed by atoms with Gasteiger partial charge in [0.1, 0.15) is 11.9 Å². The van der Waals surface area contributed by atoms with Gasteiger partial charge in [-0.25, -0.2) is 4.39 Å². The third-order valence-corrected chi connectivity index (χ3v) is 3.19. The van der Waals surface area contributed by atoms with Gasteiger partial charge in [0.15, 0.2) is 0 Å². The Labute approximate surface area is 96.4 Å². The van der Waals surface area contributed by atoms with Crippen LogP contribution in [0.5, 0.6) is 0 Å². The van der Waals surface area contributed by atoms with Gasteiger partial charge < -0.3 is 10.1 Å². The summed E-state index contributed by atoms with van der Waals surface area (Å²) in [5, 5.41) is 12.7. The maximum absolute atomic E-state index is 13.2. The Morgan fingerprint density at radius 1 is 1.47 bits per heavy atom. The number of carbonyl (C=O) groups is 1. The highest BCUT2D eigenvalue weighted by atomic mass is 19.1. The van der Waals surface area contributed by atoms with Crippen LogP contribution in [0.4, 0.5) is 4.39 Å². The molecular weight excluding hydrogens is 223 g/mol. The largest absolute Gasteiger partial charge is 0.480 e. The normalized spacial score (nSPS) is 19.2. The second-order valence-corrected chi connectivity index (χ2v) is 4.25. The molecular formula is C12H11FN2O2. The topological polar surface area (TPSA) is 65.1 Å². The zero-order chi connectivity index (χ0) is 12.0. The van der Waals surface area contributed by atoms with E-state index in [0.717, 1.165) is 22.2 Å². The van der Waals surface area contributed by atoms with Crippen LogP contribution in [0.1, 0.15) is 11.3 Å². The number of hydrogen-bond acceptors (Lipinski definition) is 2. The number of nitrogens with one attached hydrogen (secondary N) is 2. The van der Waals surface area contributed by atoms with Crippen molar-refractivity contribution in [2.45, 2.75) is 19.0 Å². The van der Waals surface area contributed by atoms with Crippen LogP contribution in [-0.2, 0) is 17.8 Å². The maximum atomic E-state index is 13.2. The van der Waals surface area contributed by atoms with E-state index in [1.165, 1.54) is 12.1 Å². The van der Waals surface area contributed by atoms with Crippen LogP contribution in [-0.4, -0.2) is 22.1 Å². The molecule has 2 heterocycles. The average molecular weight is 234 g/mol. The summed E-state index contributed by atoms with van der Waals surface area (Å²) in [5.74, 6) is -1.17. The van der Waals surface area contributed by atoms with Crippen molar-refractivity contribution in [1.29, 1.82) is 0 Å². The van der Waals surface area contributed by atoms with Crippen LogP contribution in [0, 0.1) is 5.82 Å². The number of halogens is 1. The van der Waals surface area contributed by atoms with Crippen molar-refractivity contribution in [3.05, 3.63) is 35.3 Å². The van der Waals surface area contributed by atoms with Gasteiger partial charge >= 0.3 is 5.97 Å². The fourth-order valence-corrected chi connectivity index (χ4v) is 2.34. The summed E-state index contributed by atoms with van der Waals surface area (Å²) < 4.78 is 13.2. The lowest BCUT2D eigenvalue weighted by Gasteiger charge is -2.20. The van der Waals surface area contributed by atoms with Crippen LogP contribution in [0.15, 0.2) is 18.2 Å². The Balaban J connectivity index is 2.13. The molecule has 4 nitrogen and oxygen atoms in total. The molecule has 1 aromatic carbocycles. The van der Waals surface area contributed by atoms with Crippen LogP contribution < -0.4 is 5.32 Å². The first-order chi connectivity index (χ1) is 8.15. The van der Waals surface area contributed by atoms with E-state index in [1.807, 2.05) is 0 Å². The summed E-state index contributed by atoms with van der Waals surface area (Å²) in [6, 6.07) is 3.94. The molecule has 3 N–H and O–H groups in total. The predicted octanol–water partition coefficient (Wildman–Crippen LogP) is 1.41. The number of aliphatic carboxylic acids is 1. The van der Waals surface area contributed by atoms with E-state index >= 15 is 0 Å². The van der Waals surface area contributed by atoms with Crippen LogP contribution >= 0.6 is 0 Å². The molecule has 0 spiro atoms. The third kappa shape index (κ3) is 1.59. The SMILES string of the molecule is O=C(O)C1Cc2c([nH]c3ccc(F)cc23)CN1. The van der Waals surface area contributed by atoms with Crippen LogP contribution in [0.25, 0.3) is 10.9 Å². The molecule has 2 aromatic rings. The summed E-state index contributed by atoms with van der Waals surface area (Å²) >= 11 is 0. The zero-order valence-electron chi connectivity index (χ0n) is 8.96. The molecule has 0 bridgehead atoms. The number of carboxylic acid groups (broad SMARTS) is 1. The molecule has 0 radical (unpaired) electrons. The van der Waals surface area contributed by atoms with Gasteiger partial charge in [0, 0.05) is 29.6 Å². The van der Waals surface area contributed by atoms with E-state index in [2.05, 4.69) is 10.3 Å². The molecule has 0 fully saturated rings. The molecule has 0 amide bonds. The first kappa shape index (κ1) is 10.3. The molecule has 1 atom stereocenters. The van der Waals surface area contributed by atoms with Crippen molar-refractivity contribution in [1.82, 2.24) is 10.3 Å². The fourth-order valence-electron chi connectivity index (χ4n) is 2.34. The molecule has 1 unspecified atom stereocenters. The number of fused-ring (bicyclic) bond motifs is 3. The number of hydrogen-bond donors (Lipinski definition) is 3. The molecule has 17 heavy (non-hydrogen) atoms. The third-order valence-electron chi connectivity index (χ3n) is 3.19. The van der Waals surface area contributed by atoms with Crippen molar-refractivity contribution in [3.63, 3.8) is 0 Å². The molecule has 88 valence electrons. The average Bonchev–Trinajstić information content (AvgIpc) is 2.66. The minimum Gasteiger partial charge on any atom is -0.480 e. The molecule has 5 heteroatoms. The monoisotopic (exact) mass is 234 g/mol. The molecule has 1 aliphatic rings. The number of benzene rings is 1. The number of aromatic amines is 1. The number of aromatic nitrogens is 1. The summed E-state index contributed by atoms with van der Waals surface area (Å²) in [6.45, 7) is 0.475. The highest BCUT2D eigenvalue weighted by Gasteiger charge is 2.26. The van der Waals surface area contributed by atoms with Crippen LogP contribution in [0.2, 0.25) is 0 Å². The van der Waals surface area contributed by atoms with E-state index in [1.54, 1.807) is 6.07 Å². The molecule has 1 aliphatic heterocycles. The summed E-state index contributed by atoms with van der Waals surface area (Å²) in [5.41, 5.74) is 2.71. The maximum Gasteiger partial charge on any atom is 0.321 e. The highest BCUT2D eigenvalue weighted by molar-refractivity contribution is 5.86. The zero-order valence-corrected chi connectivity index (χ0v) is 8.96. The minimum atomic E-state index is -0.874. The highest BCUT2D eigenvalue weighted by Crippen LogP contribution is 2.27. The van der Waals surface area contributed by atoms with Gasteiger partial charge in [-0.2, -0.15) is 0 Å². The first-order valence-corrected chi connectivity index (χ1v) is 5.40. The van der Waals surface area contributed by atoms with E-state index < -0.39 is 12.0 Å². The van der Waals surface area contributed by atoms with Gasteiger partial charge in [0.05, 0.1) is 0 Å². The number of H-pyrrole nitrogens is 1. The van der Waals surface area contributed by atoms with Crippen LogP contribution in [0.3, 0.4) is 0 Å². The lowest BCUT2D eigenvalue weighted by Crippen LogP contribution is -2.41. The molecule has 0 saturated heterocycles. The van der Waals surface area contributed by atoms with Gasteiger partial charge in [-0.15, -0.1) is 0 Å². The lowest BCUT2D eigenvalue weighted by atomic mass is 9.99. The Hall–Kier alpha value is -1.88. The smallest absolute Gasteiger partial charge is 0.321 e. The van der Waals surface area contributed by atoms with E-state index in [4.69, 9.17) is 5.11 Å². The summed E-state index contributed by atoms with van der Waals surface area (Å²) in [7, 11) is 0. The van der Waals surface area contributed by atoms with Gasteiger partial charge in [-0.05, 0) is 23.8 Å². The molecule has 1 aromatic heterocycles. The Morgan fingerprint density at radius 3 is 3.06 bits per heavy atom. The number of carboxylic acids is 1. The Kier molecular flexibility index (Phi) is 2.16. The minimum absolute atomic E-state index is 0.301. The molecule has 3 rings (SSSR count). The van der Waals surface area contributed by atoms with Crippen molar-refractivity contribution < 1.29 is 14.3 Å². The first-order valence-electron chi connectivity index (χ1n) is 5.40. The Morgan fingerprint density at radius 2 is 2.29 bits per heavy atom. The molecule has 0 saturated carbocycles. The fraction of sp³-hybridized carbons (Fsp3) is 0.250. The van der Waals surface area contributed by atoms with Crippen molar-refractivity contribution in [3.8, 4) is 0 Å². The lowest BCUT2D eigenvalue weighted by molar-refractivity contribution is -0.139. The van der Waals surface area contributed by atoms with Crippen molar-refractivity contribution >= 4 is 16.9 Å². The number of rotatable bonds is 1. The van der Waals surface area contributed by atoms with Crippen molar-refractivity contribution in [2.75, 3.05) is 0 Å². The molecule has 0 aliphatic carbocycles. The van der Waals surface area contributed by atoms with Gasteiger partial charge in [0.25, 0.3) is 0 Å². The second-order valence-electron chi connectivity index (χ2n) is 4.25. The summed E-state index contributed by atoms with van der Waals surface area (Å²) in [4.78, 5) is 14.1. The summed E-state index contributed by atoms with van der Waals surface area (Å²) in [6.07, 6.45) is 0.383. The van der Waals surface area contributed by atoms with Gasteiger partial charge in [0.2, 0.25) is 0 Å². The van der Waals surface area contributed by atoms with Crippen molar-refractivity contribution in [2.24, 2.45) is 0 Å². The standard InChI is InChI=1S/C12H11FN2O2/c13-6-1-2-9-7(3-6)8-4-10(12(16)17)14-5-11(8)15-9/h1-3,10,14-15H,4-5H2,(H,16,17). The quantitative estimate of drug-likeness (QED) is 0.699. The van der Waals surface area contributed by atoms with E-state index in [9.17, 15) is 9.18 Å².